The van der Waals surface area contributed by atoms with E-state index < -0.39 is 6.04 Å². The third-order valence-corrected chi connectivity index (χ3v) is 6.43. The lowest BCUT2D eigenvalue weighted by atomic mass is 9.91. The quantitative estimate of drug-likeness (QED) is 0.762. The first kappa shape index (κ1) is 21.4. The number of likely N-dealkylation sites (N-methyl/N-ethyl adjacent to an activating group) is 1. The predicted molar refractivity (Wildman–Crippen MR) is 123 cm³/mol. The number of rotatable bonds is 4. The van der Waals surface area contributed by atoms with E-state index in [0.717, 1.165) is 31.6 Å². The van der Waals surface area contributed by atoms with E-state index in [2.05, 4.69) is 47.1 Å². The topological polar surface area (TPSA) is 47.1 Å². The van der Waals surface area contributed by atoms with Crippen molar-refractivity contribution >= 4 is 17.5 Å². The SMILES string of the molecule is Cc1ccc(N2CCN(C(=O)CN3CCc4ccccc4C3C(=O)N(C)C)CC2)cc1. The first-order valence-electron chi connectivity index (χ1n) is 11.1. The number of hydrogen-bond acceptors (Lipinski definition) is 4. The van der Waals surface area contributed by atoms with Crippen LogP contribution < -0.4 is 4.90 Å². The third kappa shape index (κ3) is 4.59. The number of piperazine rings is 1. The molecule has 6 nitrogen and oxygen atoms in total. The Balaban J connectivity index is 1.42. The maximum atomic E-state index is 13.1. The molecular weight excluding hydrogens is 388 g/mol. The molecule has 1 unspecified atom stereocenters. The van der Waals surface area contributed by atoms with Crippen molar-refractivity contribution in [3.05, 3.63) is 65.2 Å². The summed E-state index contributed by atoms with van der Waals surface area (Å²) in [6, 6.07) is 16.3. The molecule has 0 aliphatic carbocycles. The van der Waals surface area contributed by atoms with E-state index in [1.807, 2.05) is 23.1 Å². The van der Waals surface area contributed by atoms with Gasteiger partial charge in [0.1, 0.15) is 6.04 Å². The fourth-order valence-electron chi connectivity index (χ4n) is 4.57. The number of hydrogen-bond donors (Lipinski definition) is 0. The van der Waals surface area contributed by atoms with Crippen LogP contribution in [0.4, 0.5) is 5.69 Å². The molecule has 2 amide bonds. The molecule has 164 valence electrons. The number of benzene rings is 2. The first-order chi connectivity index (χ1) is 14.9. The molecule has 0 saturated carbocycles. The van der Waals surface area contributed by atoms with Crippen molar-refractivity contribution in [2.24, 2.45) is 0 Å². The van der Waals surface area contributed by atoms with Crippen LogP contribution in [0.1, 0.15) is 22.7 Å². The van der Waals surface area contributed by atoms with E-state index >= 15 is 0 Å². The van der Waals surface area contributed by atoms with Crippen molar-refractivity contribution in [3.63, 3.8) is 0 Å². The number of aryl methyl sites for hydroxylation is 1. The fourth-order valence-corrected chi connectivity index (χ4v) is 4.57. The number of anilines is 1. The standard InChI is InChI=1S/C25H32N4O2/c1-19-8-10-21(11-9-19)27-14-16-28(17-15-27)23(30)18-29-13-12-20-6-4-5-7-22(20)24(29)25(31)26(2)3/h4-11,24H,12-18H2,1-3H3. The minimum atomic E-state index is -0.391. The second-order valence-corrected chi connectivity index (χ2v) is 8.76. The average Bonchev–Trinajstić information content (AvgIpc) is 2.79. The predicted octanol–water partition coefficient (Wildman–Crippen LogP) is 2.33. The van der Waals surface area contributed by atoms with Crippen LogP contribution in [0.2, 0.25) is 0 Å². The summed E-state index contributed by atoms with van der Waals surface area (Å²) in [5.74, 6) is 0.142. The lowest BCUT2D eigenvalue weighted by molar-refractivity contribution is -0.139. The van der Waals surface area contributed by atoms with E-state index in [0.29, 0.717) is 13.1 Å². The monoisotopic (exact) mass is 420 g/mol. The molecule has 1 atom stereocenters. The molecule has 2 heterocycles. The summed E-state index contributed by atoms with van der Waals surface area (Å²) in [4.78, 5) is 34.1. The van der Waals surface area contributed by atoms with E-state index in [9.17, 15) is 9.59 Å². The van der Waals surface area contributed by atoms with Gasteiger partial charge < -0.3 is 14.7 Å². The first-order valence-corrected chi connectivity index (χ1v) is 11.1. The van der Waals surface area contributed by atoms with Gasteiger partial charge in [0.05, 0.1) is 6.54 Å². The van der Waals surface area contributed by atoms with Crippen LogP contribution in [0, 0.1) is 6.92 Å². The fraction of sp³-hybridized carbons (Fsp3) is 0.440. The Hall–Kier alpha value is -2.86. The highest BCUT2D eigenvalue weighted by Gasteiger charge is 2.35. The Morgan fingerprint density at radius 3 is 2.29 bits per heavy atom. The third-order valence-electron chi connectivity index (χ3n) is 6.43. The lowest BCUT2D eigenvalue weighted by Crippen LogP contribution is -2.53. The van der Waals surface area contributed by atoms with Crippen molar-refractivity contribution in [2.75, 3.05) is 58.3 Å². The largest absolute Gasteiger partial charge is 0.368 e. The molecule has 1 saturated heterocycles. The highest BCUT2D eigenvalue weighted by Crippen LogP contribution is 2.31. The zero-order valence-corrected chi connectivity index (χ0v) is 18.8. The van der Waals surface area contributed by atoms with Gasteiger partial charge in [-0.3, -0.25) is 14.5 Å². The van der Waals surface area contributed by atoms with E-state index in [4.69, 9.17) is 0 Å². The molecule has 0 aromatic heterocycles. The smallest absolute Gasteiger partial charge is 0.244 e. The van der Waals surface area contributed by atoms with Crippen LogP contribution in [0.3, 0.4) is 0 Å². The summed E-state index contributed by atoms with van der Waals surface area (Å²) in [7, 11) is 3.56. The van der Waals surface area contributed by atoms with Crippen molar-refractivity contribution in [1.82, 2.24) is 14.7 Å². The molecule has 2 aromatic rings. The van der Waals surface area contributed by atoms with Gasteiger partial charge in [-0.2, -0.15) is 0 Å². The Morgan fingerprint density at radius 2 is 1.61 bits per heavy atom. The van der Waals surface area contributed by atoms with Crippen LogP contribution >= 0.6 is 0 Å². The Bertz CT molecular complexity index is 933. The normalized spacial score (nSPS) is 19.1. The minimum Gasteiger partial charge on any atom is -0.368 e. The van der Waals surface area contributed by atoms with Gasteiger partial charge in [-0.15, -0.1) is 0 Å². The van der Waals surface area contributed by atoms with Gasteiger partial charge in [0.2, 0.25) is 11.8 Å². The molecule has 0 bridgehead atoms. The summed E-state index contributed by atoms with van der Waals surface area (Å²) in [5.41, 5.74) is 4.70. The molecular formula is C25H32N4O2. The molecule has 2 aromatic carbocycles. The second kappa shape index (κ2) is 9.10. The maximum Gasteiger partial charge on any atom is 0.244 e. The average molecular weight is 421 g/mol. The van der Waals surface area contributed by atoms with Gasteiger partial charge in [-0.05, 0) is 36.6 Å². The number of nitrogens with zero attached hydrogens (tertiary/aromatic N) is 4. The molecule has 1 fully saturated rings. The van der Waals surface area contributed by atoms with Crippen LogP contribution in [0.15, 0.2) is 48.5 Å². The van der Waals surface area contributed by atoms with Gasteiger partial charge >= 0.3 is 0 Å². The Labute approximate surface area is 185 Å². The van der Waals surface area contributed by atoms with Crippen LogP contribution in [-0.4, -0.2) is 79.9 Å². The summed E-state index contributed by atoms with van der Waals surface area (Å²) in [6.45, 7) is 6.18. The molecule has 2 aliphatic rings. The Morgan fingerprint density at radius 1 is 0.935 bits per heavy atom. The minimum absolute atomic E-state index is 0.0316. The van der Waals surface area contributed by atoms with E-state index in [-0.39, 0.29) is 18.4 Å². The summed E-state index contributed by atoms with van der Waals surface area (Å²) >= 11 is 0. The maximum absolute atomic E-state index is 13.1. The lowest BCUT2D eigenvalue weighted by Gasteiger charge is -2.40. The van der Waals surface area contributed by atoms with Gasteiger partial charge in [0.25, 0.3) is 0 Å². The van der Waals surface area contributed by atoms with Gasteiger partial charge in [-0.1, -0.05) is 42.0 Å². The van der Waals surface area contributed by atoms with Crippen molar-refractivity contribution < 1.29 is 9.59 Å². The number of fused-ring (bicyclic) bond motifs is 1. The molecule has 0 radical (unpaired) electrons. The number of carbonyl (C=O) groups is 2. The van der Waals surface area contributed by atoms with Crippen molar-refractivity contribution in [1.29, 1.82) is 0 Å². The van der Waals surface area contributed by atoms with E-state index in [1.165, 1.54) is 16.8 Å². The highest BCUT2D eigenvalue weighted by molar-refractivity contribution is 5.85. The van der Waals surface area contributed by atoms with Gasteiger partial charge in [0.15, 0.2) is 0 Å². The van der Waals surface area contributed by atoms with Crippen molar-refractivity contribution in [3.8, 4) is 0 Å². The summed E-state index contributed by atoms with van der Waals surface area (Å²) in [6.07, 6.45) is 0.863. The highest BCUT2D eigenvalue weighted by atomic mass is 16.2. The summed E-state index contributed by atoms with van der Waals surface area (Å²) < 4.78 is 0. The van der Waals surface area contributed by atoms with Crippen LogP contribution in [0.5, 0.6) is 0 Å². The zero-order valence-electron chi connectivity index (χ0n) is 18.8. The van der Waals surface area contributed by atoms with E-state index in [1.54, 1.807) is 19.0 Å². The van der Waals surface area contributed by atoms with Crippen LogP contribution in [0.25, 0.3) is 0 Å². The molecule has 0 spiro atoms. The molecule has 2 aliphatic heterocycles. The summed E-state index contributed by atoms with van der Waals surface area (Å²) in [5, 5.41) is 0. The number of amides is 2. The molecule has 31 heavy (non-hydrogen) atoms. The Kier molecular flexibility index (Phi) is 6.28. The van der Waals surface area contributed by atoms with Crippen molar-refractivity contribution in [2.45, 2.75) is 19.4 Å². The number of carbonyl (C=O) groups excluding carboxylic acids is 2. The molecule has 6 heteroatoms. The van der Waals surface area contributed by atoms with Gasteiger partial charge in [-0.25, -0.2) is 0 Å². The zero-order chi connectivity index (χ0) is 22.0. The molecule has 0 N–H and O–H groups in total. The van der Waals surface area contributed by atoms with Gasteiger partial charge in [0, 0.05) is 52.5 Å². The second-order valence-electron chi connectivity index (χ2n) is 8.76. The molecule has 4 rings (SSSR count). The van der Waals surface area contributed by atoms with Crippen LogP contribution in [-0.2, 0) is 16.0 Å².